The normalized spacial score (nSPS) is 14.4. The summed E-state index contributed by atoms with van der Waals surface area (Å²) in [6, 6.07) is 8.66. The average molecular weight is 489 g/mol. The predicted molar refractivity (Wildman–Crippen MR) is 123 cm³/mol. The molecule has 0 saturated carbocycles. The molecule has 2 amide bonds. The van der Waals surface area contributed by atoms with Crippen LogP contribution in [0.1, 0.15) is 29.6 Å². The first-order chi connectivity index (χ1) is 16.2. The number of carbonyl (C=O) groups is 2. The van der Waals surface area contributed by atoms with Crippen LogP contribution in [0.15, 0.2) is 50.5 Å². The lowest BCUT2D eigenvalue weighted by atomic mass is 10.1. The largest absolute Gasteiger partial charge is 0.495 e. The molecule has 1 aliphatic rings. The van der Waals surface area contributed by atoms with Crippen molar-refractivity contribution >= 4 is 38.6 Å². The standard InChI is InChI=1S/C22H24N4O7S/c1-32-18-7-4-14(21(23)28)12-16(18)24-20(27)8-11-26-17-6-5-15(13-19(17)33-22(26)29)34(30,31)25-9-2-3-10-25/h4-7,12-13H,2-3,8-11H2,1H3,(H2,23,28)(H,24,27). The molecule has 1 saturated heterocycles. The van der Waals surface area contributed by atoms with Crippen LogP contribution < -0.4 is 21.5 Å². The van der Waals surface area contributed by atoms with E-state index < -0.39 is 27.6 Å². The lowest BCUT2D eigenvalue weighted by Crippen LogP contribution is -2.27. The maximum atomic E-state index is 12.8. The van der Waals surface area contributed by atoms with E-state index in [2.05, 4.69) is 5.32 Å². The molecule has 0 bridgehead atoms. The number of sulfonamides is 1. The van der Waals surface area contributed by atoms with Crippen LogP contribution in [-0.4, -0.2) is 49.3 Å². The zero-order valence-corrected chi connectivity index (χ0v) is 19.3. The van der Waals surface area contributed by atoms with E-state index in [4.69, 9.17) is 14.9 Å². The van der Waals surface area contributed by atoms with E-state index in [0.29, 0.717) is 24.4 Å². The van der Waals surface area contributed by atoms with Crippen LogP contribution in [0.2, 0.25) is 0 Å². The lowest BCUT2D eigenvalue weighted by molar-refractivity contribution is -0.116. The van der Waals surface area contributed by atoms with Gasteiger partial charge in [-0.05, 0) is 43.2 Å². The highest BCUT2D eigenvalue weighted by molar-refractivity contribution is 7.89. The molecule has 0 aliphatic carbocycles. The number of ether oxygens (including phenoxy) is 1. The van der Waals surface area contributed by atoms with Gasteiger partial charge in [0.25, 0.3) is 0 Å². The maximum absolute atomic E-state index is 12.8. The van der Waals surface area contributed by atoms with E-state index in [9.17, 15) is 22.8 Å². The Morgan fingerprint density at radius 1 is 1.15 bits per heavy atom. The lowest BCUT2D eigenvalue weighted by Gasteiger charge is -2.15. The maximum Gasteiger partial charge on any atom is 0.419 e. The van der Waals surface area contributed by atoms with Crippen LogP contribution in [0.4, 0.5) is 5.69 Å². The van der Waals surface area contributed by atoms with Gasteiger partial charge < -0.3 is 20.2 Å². The van der Waals surface area contributed by atoms with Crippen LogP contribution in [0.3, 0.4) is 0 Å². The van der Waals surface area contributed by atoms with Gasteiger partial charge in [0.05, 0.1) is 23.2 Å². The van der Waals surface area contributed by atoms with Crippen LogP contribution >= 0.6 is 0 Å². The van der Waals surface area contributed by atoms with Crippen LogP contribution in [0.5, 0.6) is 5.75 Å². The number of carbonyl (C=O) groups excluding carboxylic acids is 2. The SMILES string of the molecule is COc1ccc(C(N)=O)cc1NC(=O)CCn1c(=O)oc2cc(S(=O)(=O)N3CCCC3)ccc21. The fourth-order valence-electron chi connectivity index (χ4n) is 3.88. The number of hydrogen-bond donors (Lipinski definition) is 2. The monoisotopic (exact) mass is 488 g/mol. The Morgan fingerprint density at radius 3 is 2.56 bits per heavy atom. The molecule has 2 heterocycles. The Hall–Kier alpha value is -3.64. The van der Waals surface area contributed by atoms with Gasteiger partial charge in [-0.1, -0.05) is 0 Å². The number of hydrogen-bond acceptors (Lipinski definition) is 7. The highest BCUT2D eigenvalue weighted by Gasteiger charge is 2.28. The number of oxazole rings is 1. The first-order valence-corrected chi connectivity index (χ1v) is 12.1. The number of aryl methyl sites for hydroxylation is 1. The topological polar surface area (TPSA) is 154 Å². The summed E-state index contributed by atoms with van der Waals surface area (Å²) in [5.74, 6) is -1.45. The summed E-state index contributed by atoms with van der Waals surface area (Å²) in [4.78, 5) is 36.4. The molecule has 0 radical (unpaired) electrons. The highest BCUT2D eigenvalue weighted by atomic mass is 32.2. The molecule has 4 rings (SSSR count). The molecule has 0 unspecified atom stereocenters. The summed E-state index contributed by atoms with van der Waals surface area (Å²) in [7, 11) is -2.24. The Balaban J connectivity index is 1.51. The third-order valence-electron chi connectivity index (χ3n) is 5.66. The van der Waals surface area contributed by atoms with Gasteiger partial charge in [0.1, 0.15) is 5.75 Å². The quantitative estimate of drug-likeness (QED) is 0.487. The van der Waals surface area contributed by atoms with Crippen molar-refractivity contribution in [3.8, 4) is 5.75 Å². The van der Waals surface area contributed by atoms with Crippen molar-refractivity contribution in [3.63, 3.8) is 0 Å². The minimum atomic E-state index is -3.66. The number of anilines is 1. The van der Waals surface area contributed by atoms with Crippen LogP contribution in [0, 0.1) is 0 Å². The number of nitrogens with two attached hydrogens (primary N) is 1. The second kappa shape index (κ2) is 9.31. The summed E-state index contributed by atoms with van der Waals surface area (Å²) in [6.45, 7) is 0.925. The Morgan fingerprint density at radius 2 is 1.88 bits per heavy atom. The fraction of sp³-hybridized carbons (Fsp3) is 0.318. The van der Waals surface area contributed by atoms with Crippen molar-refractivity contribution in [2.75, 3.05) is 25.5 Å². The van der Waals surface area contributed by atoms with E-state index in [0.717, 1.165) is 12.8 Å². The number of nitrogens with one attached hydrogen (secondary N) is 1. The van der Waals surface area contributed by atoms with Crippen molar-refractivity contribution in [1.82, 2.24) is 8.87 Å². The van der Waals surface area contributed by atoms with Crippen molar-refractivity contribution in [1.29, 1.82) is 0 Å². The number of amides is 2. The minimum Gasteiger partial charge on any atom is -0.495 e. The second-order valence-corrected chi connectivity index (χ2v) is 9.78. The molecule has 0 atom stereocenters. The van der Waals surface area contributed by atoms with E-state index in [1.165, 1.54) is 52.4 Å². The van der Waals surface area contributed by atoms with Gasteiger partial charge in [-0.2, -0.15) is 4.31 Å². The number of methoxy groups -OCH3 is 1. The van der Waals surface area contributed by atoms with Gasteiger partial charge in [0.2, 0.25) is 21.8 Å². The molecule has 180 valence electrons. The van der Waals surface area contributed by atoms with Gasteiger partial charge in [0.15, 0.2) is 5.58 Å². The molecule has 2 aromatic carbocycles. The second-order valence-electron chi connectivity index (χ2n) is 7.84. The molecule has 1 aromatic heterocycles. The summed E-state index contributed by atoms with van der Waals surface area (Å²) in [6.07, 6.45) is 1.54. The molecule has 3 aromatic rings. The van der Waals surface area contributed by atoms with Crippen LogP contribution in [0.25, 0.3) is 11.1 Å². The number of nitrogens with zero attached hydrogens (tertiary/aromatic N) is 2. The smallest absolute Gasteiger partial charge is 0.419 e. The Kier molecular flexibility index (Phi) is 6.44. The number of aromatic nitrogens is 1. The van der Waals surface area contributed by atoms with E-state index in [1.54, 1.807) is 0 Å². The summed E-state index contributed by atoms with van der Waals surface area (Å²) >= 11 is 0. The molecule has 1 fully saturated rings. The number of fused-ring (bicyclic) bond motifs is 1. The predicted octanol–water partition coefficient (Wildman–Crippen LogP) is 1.52. The third-order valence-corrected chi connectivity index (χ3v) is 7.56. The molecule has 12 heteroatoms. The molecule has 0 spiro atoms. The third kappa shape index (κ3) is 4.54. The van der Waals surface area contributed by atoms with Gasteiger partial charge >= 0.3 is 5.76 Å². The van der Waals surface area contributed by atoms with Crippen molar-refractivity contribution in [3.05, 3.63) is 52.5 Å². The zero-order valence-electron chi connectivity index (χ0n) is 18.4. The van der Waals surface area contributed by atoms with E-state index in [1.807, 2.05) is 0 Å². The molecule has 11 nitrogen and oxygen atoms in total. The average Bonchev–Trinajstić information content (AvgIpc) is 3.45. The highest BCUT2D eigenvalue weighted by Crippen LogP contribution is 2.26. The van der Waals surface area contributed by atoms with Crippen molar-refractivity contribution in [2.45, 2.75) is 30.7 Å². The Bertz CT molecular complexity index is 1420. The van der Waals surface area contributed by atoms with Crippen molar-refractivity contribution in [2.24, 2.45) is 5.73 Å². The van der Waals surface area contributed by atoms with Gasteiger partial charge in [-0.15, -0.1) is 0 Å². The number of primary amides is 1. The summed E-state index contributed by atoms with van der Waals surface area (Å²) in [5.41, 5.74) is 6.27. The van der Waals surface area contributed by atoms with Crippen molar-refractivity contribution < 1.29 is 27.2 Å². The molecular weight excluding hydrogens is 464 g/mol. The Labute approximate surface area is 195 Å². The molecule has 34 heavy (non-hydrogen) atoms. The van der Waals surface area contributed by atoms with E-state index in [-0.39, 0.29) is 34.7 Å². The minimum absolute atomic E-state index is 0.00624. The van der Waals surface area contributed by atoms with E-state index >= 15 is 0 Å². The first kappa shape index (κ1) is 23.5. The molecule has 1 aliphatic heterocycles. The zero-order chi connectivity index (χ0) is 24.5. The number of benzene rings is 2. The van der Waals surface area contributed by atoms with Crippen LogP contribution in [-0.2, 0) is 21.4 Å². The first-order valence-electron chi connectivity index (χ1n) is 10.6. The van der Waals surface area contributed by atoms with Gasteiger partial charge in [0, 0.05) is 37.7 Å². The fourth-order valence-corrected chi connectivity index (χ4v) is 5.41. The number of rotatable bonds is 8. The molecule has 3 N–H and O–H groups in total. The summed E-state index contributed by atoms with van der Waals surface area (Å²) in [5, 5.41) is 2.64. The van der Waals surface area contributed by atoms with Gasteiger partial charge in [-0.25, -0.2) is 13.2 Å². The summed E-state index contributed by atoms with van der Waals surface area (Å²) < 4.78 is 38.7. The van der Waals surface area contributed by atoms with Gasteiger partial charge in [-0.3, -0.25) is 14.2 Å². The molecular formula is C22H24N4O7S.